The highest BCUT2D eigenvalue weighted by Crippen LogP contribution is 2.26. The van der Waals surface area contributed by atoms with E-state index in [0.717, 1.165) is 34.2 Å². The van der Waals surface area contributed by atoms with E-state index in [2.05, 4.69) is 16.9 Å². The van der Waals surface area contributed by atoms with Crippen LogP contribution in [0.4, 0.5) is 0 Å². The minimum atomic E-state index is -0.421. The molecule has 0 fully saturated rings. The highest BCUT2D eigenvalue weighted by Gasteiger charge is 2.23. The van der Waals surface area contributed by atoms with Gasteiger partial charge in [-0.3, -0.25) is 0 Å². The van der Waals surface area contributed by atoms with E-state index >= 15 is 0 Å². The van der Waals surface area contributed by atoms with Crippen molar-refractivity contribution in [1.29, 1.82) is 0 Å². The summed E-state index contributed by atoms with van der Waals surface area (Å²) in [6.07, 6.45) is 0.833. The molecule has 0 amide bonds. The Morgan fingerprint density at radius 2 is 1.94 bits per heavy atom. The second-order valence-electron chi connectivity index (χ2n) is 4.84. The van der Waals surface area contributed by atoms with Gasteiger partial charge in [0, 0.05) is 16.3 Å². The molecule has 0 aliphatic rings. The number of aryl methyl sites for hydroxylation is 1. The molecule has 0 aliphatic carbocycles. The lowest BCUT2D eigenvalue weighted by Gasteiger charge is -2.19. The molecule has 96 valence electrons. The first-order valence-corrected chi connectivity index (χ1v) is 6.43. The van der Waals surface area contributed by atoms with E-state index in [1.165, 1.54) is 0 Å². The molecule has 1 atom stereocenters. The molecule has 1 aromatic carbocycles. The molecule has 2 rings (SSSR count). The molecule has 0 aliphatic heterocycles. The van der Waals surface area contributed by atoms with Crippen LogP contribution in [-0.4, -0.2) is 9.97 Å². The predicted octanol–water partition coefficient (Wildman–Crippen LogP) is 3.62. The van der Waals surface area contributed by atoms with Crippen LogP contribution >= 0.6 is 11.6 Å². The number of nitrogens with one attached hydrogen (secondary N) is 1. The standard InChI is InChI=1S/C14H18ClN3/c1-4-14(3,16)13-17-9(2)12(18-13)10-5-7-11(15)8-6-10/h5-8H,4,16H2,1-3H3,(H,17,18). The molecule has 3 N–H and O–H groups in total. The maximum atomic E-state index is 6.21. The highest BCUT2D eigenvalue weighted by atomic mass is 35.5. The van der Waals surface area contributed by atoms with Crippen LogP contribution in [0.1, 0.15) is 31.8 Å². The second kappa shape index (κ2) is 4.75. The summed E-state index contributed by atoms with van der Waals surface area (Å²) in [5.74, 6) is 0.826. The normalized spacial score (nSPS) is 14.5. The van der Waals surface area contributed by atoms with Crippen LogP contribution in [0.2, 0.25) is 5.02 Å². The molecule has 0 radical (unpaired) electrons. The van der Waals surface area contributed by atoms with Crippen molar-refractivity contribution < 1.29 is 0 Å². The molecule has 0 saturated heterocycles. The molecule has 4 heteroatoms. The molecule has 18 heavy (non-hydrogen) atoms. The van der Waals surface area contributed by atoms with Gasteiger partial charge >= 0.3 is 0 Å². The van der Waals surface area contributed by atoms with Crippen LogP contribution < -0.4 is 5.73 Å². The molecule has 0 spiro atoms. The number of hydrogen-bond acceptors (Lipinski definition) is 2. The lowest BCUT2D eigenvalue weighted by molar-refractivity contribution is 0.449. The molecule has 3 nitrogen and oxygen atoms in total. The number of aromatic amines is 1. The van der Waals surface area contributed by atoms with Gasteiger partial charge in [-0.15, -0.1) is 0 Å². The fourth-order valence-corrected chi connectivity index (χ4v) is 1.91. The molecule has 1 aromatic heterocycles. The van der Waals surface area contributed by atoms with Crippen LogP contribution in [-0.2, 0) is 5.54 Å². The lowest BCUT2D eigenvalue weighted by Crippen LogP contribution is -2.33. The fourth-order valence-electron chi connectivity index (χ4n) is 1.79. The Bertz CT molecular complexity index is 541. The maximum Gasteiger partial charge on any atom is 0.126 e. The van der Waals surface area contributed by atoms with Crippen LogP contribution in [0.15, 0.2) is 24.3 Å². The third kappa shape index (κ3) is 2.42. The van der Waals surface area contributed by atoms with Gasteiger partial charge in [-0.1, -0.05) is 30.7 Å². The van der Waals surface area contributed by atoms with Gasteiger partial charge in [0.05, 0.1) is 11.2 Å². The van der Waals surface area contributed by atoms with Crippen molar-refractivity contribution in [3.8, 4) is 11.3 Å². The van der Waals surface area contributed by atoms with E-state index in [0.29, 0.717) is 0 Å². The Morgan fingerprint density at radius 1 is 1.33 bits per heavy atom. The summed E-state index contributed by atoms with van der Waals surface area (Å²) < 4.78 is 0. The largest absolute Gasteiger partial charge is 0.344 e. The summed E-state index contributed by atoms with van der Waals surface area (Å²) in [5, 5.41) is 0.726. The average Bonchev–Trinajstić information content (AvgIpc) is 2.73. The Balaban J connectivity index is 2.44. The van der Waals surface area contributed by atoms with E-state index in [1.807, 2.05) is 38.1 Å². The van der Waals surface area contributed by atoms with Crippen molar-refractivity contribution in [2.75, 3.05) is 0 Å². The molecule has 0 bridgehead atoms. The number of H-pyrrole nitrogens is 1. The Hall–Kier alpha value is -1.32. The highest BCUT2D eigenvalue weighted by molar-refractivity contribution is 6.30. The van der Waals surface area contributed by atoms with Gasteiger partial charge in [0.2, 0.25) is 0 Å². The van der Waals surface area contributed by atoms with Crippen molar-refractivity contribution in [3.63, 3.8) is 0 Å². The van der Waals surface area contributed by atoms with Crippen molar-refractivity contribution in [2.45, 2.75) is 32.7 Å². The van der Waals surface area contributed by atoms with E-state index < -0.39 is 5.54 Å². The average molecular weight is 264 g/mol. The summed E-state index contributed by atoms with van der Waals surface area (Å²) in [6, 6.07) is 7.67. The molecule has 1 unspecified atom stereocenters. The van der Waals surface area contributed by atoms with Gasteiger partial charge in [0.1, 0.15) is 5.82 Å². The summed E-state index contributed by atoms with van der Waals surface area (Å²) in [7, 11) is 0. The monoisotopic (exact) mass is 263 g/mol. The number of nitrogens with two attached hydrogens (primary N) is 1. The fraction of sp³-hybridized carbons (Fsp3) is 0.357. The number of hydrogen-bond donors (Lipinski definition) is 2. The van der Waals surface area contributed by atoms with Crippen molar-refractivity contribution in [2.24, 2.45) is 5.73 Å². The molecular formula is C14H18ClN3. The van der Waals surface area contributed by atoms with Crippen LogP contribution in [0.5, 0.6) is 0 Å². The smallest absolute Gasteiger partial charge is 0.126 e. The third-order valence-corrected chi connectivity index (χ3v) is 3.53. The first-order valence-electron chi connectivity index (χ1n) is 6.06. The predicted molar refractivity (Wildman–Crippen MR) is 75.6 cm³/mol. The molecule has 2 aromatic rings. The number of aromatic nitrogens is 2. The number of benzene rings is 1. The van der Waals surface area contributed by atoms with Crippen LogP contribution in [0.3, 0.4) is 0 Å². The van der Waals surface area contributed by atoms with Gasteiger partial charge in [-0.2, -0.15) is 0 Å². The number of nitrogens with zero attached hydrogens (tertiary/aromatic N) is 1. The molecule has 1 heterocycles. The number of imidazole rings is 1. The summed E-state index contributed by atoms with van der Waals surface area (Å²) in [6.45, 7) is 6.04. The van der Waals surface area contributed by atoms with Crippen LogP contribution in [0.25, 0.3) is 11.3 Å². The van der Waals surface area contributed by atoms with Gasteiger partial charge in [-0.05, 0) is 32.4 Å². The quantitative estimate of drug-likeness (QED) is 0.889. The van der Waals surface area contributed by atoms with E-state index in [-0.39, 0.29) is 0 Å². The zero-order valence-electron chi connectivity index (χ0n) is 10.9. The van der Waals surface area contributed by atoms with Gasteiger partial charge in [0.25, 0.3) is 0 Å². The maximum absolute atomic E-state index is 6.21. The first-order chi connectivity index (χ1) is 8.44. The van der Waals surface area contributed by atoms with Gasteiger partial charge in [0.15, 0.2) is 0 Å². The Kier molecular flexibility index (Phi) is 3.46. The molecule has 0 saturated carbocycles. The van der Waals surface area contributed by atoms with E-state index in [9.17, 15) is 0 Å². The summed E-state index contributed by atoms with van der Waals surface area (Å²) >= 11 is 5.89. The first kappa shape index (κ1) is 13.1. The van der Waals surface area contributed by atoms with Gasteiger partial charge < -0.3 is 10.7 Å². The van der Waals surface area contributed by atoms with E-state index in [1.54, 1.807) is 0 Å². The van der Waals surface area contributed by atoms with E-state index in [4.69, 9.17) is 17.3 Å². The second-order valence-corrected chi connectivity index (χ2v) is 5.27. The van der Waals surface area contributed by atoms with Crippen molar-refractivity contribution >= 4 is 11.6 Å². The zero-order valence-corrected chi connectivity index (χ0v) is 11.7. The summed E-state index contributed by atoms with van der Waals surface area (Å²) in [5.41, 5.74) is 8.80. The third-order valence-electron chi connectivity index (χ3n) is 3.28. The van der Waals surface area contributed by atoms with Crippen LogP contribution in [0, 0.1) is 6.92 Å². The Labute approximate surface area is 112 Å². The SMILES string of the molecule is CCC(C)(N)c1nc(-c2ccc(Cl)cc2)c(C)[nH]1. The van der Waals surface area contributed by atoms with Crippen molar-refractivity contribution in [3.05, 3.63) is 40.8 Å². The minimum absolute atomic E-state index is 0.421. The Morgan fingerprint density at radius 3 is 2.50 bits per heavy atom. The lowest BCUT2D eigenvalue weighted by atomic mass is 10.00. The summed E-state index contributed by atoms with van der Waals surface area (Å²) in [4.78, 5) is 7.91. The zero-order chi connectivity index (χ0) is 13.3. The number of rotatable bonds is 3. The topological polar surface area (TPSA) is 54.7 Å². The molecular weight excluding hydrogens is 246 g/mol. The number of halogens is 1. The van der Waals surface area contributed by atoms with Gasteiger partial charge in [-0.25, -0.2) is 4.98 Å². The van der Waals surface area contributed by atoms with Crippen molar-refractivity contribution in [1.82, 2.24) is 9.97 Å². The minimum Gasteiger partial charge on any atom is -0.344 e.